The van der Waals surface area contributed by atoms with E-state index in [0.717, 1.165) is 11.1 Å². The van der Waals surface area contributed by atoms with Crippen molar-refractivity contribution in [3.63, 3.8) is 0 Å². The summed E-state index contributed by atoms with van der Waals surface area (Å²) >= 11 is 0. The first kappa shape index (κ1) is 12.9. The van der Waals surface area contributed by atoms with Crippen LogP contribution in [-0.4, -0.2) is 44.2 Å². The van der Waals surface area contributed by atoms with Crippen LogP contribution in [0.2, 0.25) is 0 Å². The summed E-state index contributed by atoms with van der Waals surface area (Å²) in [4.78, 5) is 14.2. The van der Waals surface area contributed by atoms with Crippen LogP contribution < -0.4 is 4.74 Å². The zero-order valence-corrected chi connectivity index (χ0v) is 11.2. The first-order valence-electron chi connectivity index (χ1n) is 6.15. The van der Waals surface area contributed by atoms with Crippen LogP contribution in [0.3, 0.4) is 0 Å². The molecule has 1 fully saturated rings. The van der Waals surface area contributed by atoms with E-state index in [2.05, 4.69) is 0 Å². The van der Waals surface area contributed by atoms with Gasteiger partial charge in [0.2, 0.25) is 0 Å². The lowest BCUT2D eigenvalue weighted by atomic mass is 10.0. The number of rotatable bonds is 2. The van der Waals surface area contributed by atoms with E-state index in [1.54, 1.807) is 7.11 Å². The average Bonchev–Trinajstić information content (AvgIpc) is 2.41. The minimum absolute atomic E-state index is 0.0262. The van der Waals surface area contributed by atoms with Crippen molar-refractivity contribution >= 4 is 5.91 Å². The largest absolute Gasteiger partial charge is 0.496 e. The summed E-state index contributed by atoms with van der Waals surface area (Å²) in [7, 11) is 1.60. The molecule has 1 saturated heterocycles. The molecule has 18 heavy (non-hydrogen) atoms. The molecule has 1 amide bonds. The second kappa shape index (κ2) is 5.40. The standard InChI is InChI=1S/C14H19NO3/c1-10-8-12(13(17-3)9-11(10)2)14(16)15-4-6-18-7-5-15/h8-9H,4-7H2,1-3H3. The highest BCUT2D eigenvalue weighted by atomic mass is 16.5. The van der Waals surface area contributed by atoms with Crippen molar-refractivity contribution in [3.8, 4) is 5.75 Å². The lowest BCUT2D eigenvalue weighted by Gasteiger charge is -2.27. The van der Waals surface area contributed by atoms with E-state index < -0.39 is 0 Å². The molecule has 2 rings (SSSR count). The van der Waals surface area contributed by atoms with Gasteiger partial charge in [-0.25, -0.2) is 0 Å². The van der Waals surface area contributed by atoms with Gasteiger partial charge in [0.05, 0.1) is 25.9 Å². The van der Waals surface area contributed by atoms with Crippen molar-refractivity contribution < 1.29 is 14.3 Å². The van der Waals surface area contributed by atoms with Crippen LogP contribution in [0.1, 0.15) is 21.5 Å². The Morgan fingerprint density at radius 3 is 2.44 bits per heavy atom. The Balaban J connectivity index is 2.31. The van der Waals surface area contributed by atoms with Crippen molar-refractivity contribution in [2.75, 3.05) is 33.4 Å². The molecule has 1 heterocycles. The predicted molar refractivity (Wildman–Crippen MR) is 69.2 cm³/mol. The monoisotopic (exact) mass is 249 g/mol. The highest BCUT2D eigenvalue weighted by Gasteiger charge is 2.22. The number of carbonyl (C=O) groups is 1. The summed E-state index contributed by atoms with van der Waals surface area (Å²) in [5.41, 5.74) is 2.88. The van der Waals surface area contributed by atoms with Crippen molar-refractivity contribution in [2.24, 2.45) is 0 Å². The molecule has 4 heteroatoms. The summed E-state index contributed by atoms with van der Waals surface area (Å²) < 4.78 is 10.6. The van der Waals surface area contributed by atoms with Crippen LogP contribution in [0.4, 0.5) is 0 Å². The van der Waals surface area contributed by atoms with Gasteiger partial charge >= 0.3 is 0 Å². The minimum Gasteiger partial charge on any atom is -0.496 e. The number of aryl methyl sites for hydroxylation is 2. The SMILES string of the molecule is COc1cc(C)c(C)cc1C(=O)N1CCOCC1. The molecule has 0 saturated carbocycles. The molecule has 0 spiro atoms. The fourth-order valence-electron chi connectivity index (χ4n) is 2.06. The molecule has 1 aliphatic rings. The Morgan fingerprint density at radius 2 is 1.83 bits per heavy atom. The van der Waals surface area contributed by atoms with Gasteiger partial charge in [0.15, 0.2) is 0 Å². The van der Waals surface area contributed by atoms with Crippen LogP contribution in [0, 0.1) is 13.8 Å². The molecule has 1 aliphatic heterocycles. The van der Waals surface area contributed by atoms with E-state index in [1.807, 2.05) is 30.9 Å². The molecule has 0 aliphatic carbocycles. The van der Waals surface area contributed by atoms with Crippen molar-refractivity contribution in [3.05, 3.63) is 28.8 Å². The van der Waals surface area contributed by atoms with Gasteiger partial charge in [-0.2, -0.15) is 0 Å². The van der Waals surface area contributed by atoms with Gasteiger partial charge in [-0.05, 0) is 37.1 Å². The lowest BCUT2D eigenvalue weighted by molar-refractivity contribution is 0.0301. The Bertz CT molecular complexity index is 451. The van der Waals surface area contributed by atoms with Crippen LogP contribution in [0.5, 0.6) is 5.75 Å². The molecule has 98 valence electrons. The van der Waals surface area contributed by atoms with Gasteiger partial charge in [0.25, 0.3) is 5.91 Å². The molecule has 1 aromatic carbocycles. The van der Waals surface area contributed by atoms with Gasteiger partial charge in [-0.3, -0.25) is 4.79 Å². The smallest absolute Gasteiger partial charge is 0.257 e. The predicted octanol–water partition coefficient (Wildman–Crippen LogP) is 1.78. The number of amides is 1. The second-order valence-corrected chi connectivity index (χ2v) is 4.54. The average molecular weight is 249 g/mol. The second-order valence-electron chi connectivity index (χ2n) is 4.54. The zero-order chi connectivity index (χ0) is 13.1. The molecule has 0 N–H and O–H groups in total. The van der Waals surface area contributed by atoms with Crippen molar-refractivity contribution in [1.82, 2.24) is 4.90 Å². The normalized spacial score (nSPS) is 15.6. The molecule has 0 radical (unpaired) electrons. The summed E-state index contributed by atoms with van der Waals surface area (Å²) in [5, 5.41) is 0. The molecular formula is C14H19NO3. The van der Waals surface area contributed by atoms with Crippen LogP contribution in [-0.2, 0) is 4.74 Å². The van der Waals surface area contributed by atoms with Gasteiger partial charge < -0.3 is 14.4 Å². The van der Waals surface area contributed by atoms with E-state index in [-0.39, 0.29) is 5.91 Å². The summed E-state index contributed by atoms with van der Waals surface area (Å²) in [6.45, 7) is 6.54. The number of benzene rings is 1. The molecule has 0 atom stereocenters. The lowest BCUT2D eigenvalue weighted by Crippen LogP contribution is -2.40. The highest BCUT2D eigenvalue weighted by molar-refractivity contribution is 5.97. The fraction of sp³-hybridized carbons (Fsp3) is 0.500. The molecular weight excluding hydrogens is 230 g/mol. The third-order valence-corrected chi connectivity index (χ3v) is 3.34. The van der Waals surface area contributed by atoms with Crippen LogP contribution >= 0.6 is 0 Å². The molecule has 0 aromatic heterocycles. The van der Waals surface area contributed by atoms with Gasteiger partial charge in [-0.15, -0.1) is 0 Å². The molecule has 0 bridgehead atoms. The summed E-state index contributed by atoms with van der Waals surface area (Å²) in [5.74, 6) is 0.674. The van der Waals surface area contributed by atoms with E-state index in [9.17, 15) is 4.79 Å². The zero-order valence-electron chi connectivity index (χ0n) is 11.2. The molecule has 1 aromatic rings. The van der Waals surface area contributed by atoms with Crippen LogP contribution in [0.25, 0.3) is 0 Å². The van der Waals surface area contributed by atoms with Crippen LogP contribution in [0.15, 0.2) is 12.1 Å². The number of hydrogen-bond acceptors (Lipinski definition) is 3. The number of morpholine rings is 1. The number of carbonyl (C=O) groups excluding carboxylic acids is 1. The van der Waals surface area contributed by atoms with E-state index in [0.29, 0.717) is 37.6 Å². The summed E-state index contributed by atoms with van der Waals surface area (Å²) in [6, 6.07) is 3.83. The molecule has 0 unspecified atom stereocenters. The number of ether oxygens (including phenoxy) is 2. The van der Waals surface area contributed by atoms with Gasteiger partial charge in [-0.1, -0.05) is 0 Å². The van der Waals surface area contributed by atoms with E-state index >= 15 is 0 Å². The van der Waals surface area contributed by atoms with Gasteiger partial charge in [0.1, 0.15) is 5.75 Å². The third kappa shape index (κ3) is 2.48. The quantitative estimate of drug-likeness (QED) is 0.802. The van der Waals surface area contributed by atoms with Crippen molar-refractivity contribution in [1.29, 1.82) is 0 Å². The Morgan fingerprint density at radius 1 is 1.22 bits per heavy atom. The van der Waals surface area contributed by atoms with Gasteiger partial charge in [0, 0.05) is 13.1 Å². The maximum atomic E-state index is 12.4. The van der Waals surface area contributed by atoms with Crippen molar-refractivity contribution in [2.45, 2.75) is 13.8 Å². The maximum absolute atomic E-state index is 12.4. The molecule has 4 nitrogen and oxygen atoms in total. The Kier molecular flexibility index (Phi) is 3.87. The first-order chi connectivity index (χ1) is 8.63. The minimum atomic E-state index is 0.0262. The maximum Gasteiger partial charge on any atom is 0.257 e. The fourth-order valence-corrected chi connectivity index (χ4v) is 2.06. The first-order valence-corrected chi connectivity index (χ1v) is 6.15. The summed E-state index contributed by atoms with van der Waals surface area (Å²) in [6.07, 6.45) is 0. The third-order valence-electron chi connectivity index (χ3n) is 3.34. The number of nitrogens with zero attached hydrogens (tertiary/aromatic N) is 1. The van der Waals surface area contributed by atoms with E-state index in [4.69, 9.17) is 9.47 Å². The van der Waals surface area contributed by atoms with E-state index in [1.165, 1.54) is 0 Å². The number of methoxy groups -OCH3 is 1. The topological polar surface area (TPSA) is 38.8 Å². The Hall–Kier alpha value is -1.55. The highest BCUT2D eigenvalue weighted by Crippen LogP contribution is 2.24. The Labute approximate surface area is 107 Å². The number of hydrogen-bond donors (Lipinski definition) is 0.